The number of hydrogen-bond donors (Lipinski definition) is 2. The number of nitriles is 1. The van der Waals surface area contributed by atoms with Gasteiger partial charge in [-0.15, -0.1) is 0 Å². The average molecular weight is 221 g/mol. The first-order chi connectivity index (χ1) is 7.51. The Bertz CT molecular complexity index is 462. The van der Waals surface area contributed by atoms with Crippen LogP contribution in [0, 0.1) is 18.3 Å². The minimum atomic E-state index is -1.69. The van der Waals surface area contributed by atoms with Crippen LogP contribution in [0.5, 0.6) is 5.75 Å². The van der Waals surface area contributed by atoms with Crippen LogP contribution in [-0.2, 0) is 4.79 Å². The van der Waals surface area contributed by atoms with Crippen molar-refractivity contribution in [2.45, 2.75) is 13.0 Å². The fraction of sp³-hybridized carbons (Fsp3) is 0.273. The Morgan fingerprint density at radius 2 is 2.19 bits per heavy atom. The third-order valence-corrected chi connectivity index (χ3v) is 2.17. The van der Waals surface area contributed by atoms with Gasteiger partial charge in [0.15, 0.2) is 6.10 Å². The minimum Gasteiger partial charge on any atom is -0.496 e. The van der Waals surface area contributed by atoms with Gasteiger partial charge in [-0.05, 0) is 24.6 Å². The Morgan fingerprint density at radius 3 is 2.62 bits per heavy atom. The van der Waals surface area contributed by atoms with Crippen LogP contribution >= 0.6 is 0 Å². The maximum atomic E-state index is 10.7. The number of aliphatic hydroxyl groups is 1. The molecule has 0 amide bonds. The van der Waals surface area contributed by atoms with Crippen LogP contribution in [0.1, 0.15) is 22.8 Å². The van der Waals surface area contributed by atoms with E-state index in [1.54, 1.807) is 13.0 Å². The molecule has 5 nitrogen and oxygen atoms in total. The molecule has 0 saturated carbocycles. The van der Waals surface area contributed by atoms with Crippen LogP contribution in [0.2, 0.25) is 0 Å². The molecule has 1 aromatic rings. The lowest BCUT2D eigenvalue weighted by Gasteiger charge is -2.14. The molecule has 0 aromatic heterocycles. The van der Waals surface area contributed by atoms with Crippen molar-refractivity contribution in [3.8, 4) is 11.8 Å². The lowest BCUT2D eigenvalue weighted by molar-refractivity contribution is -0.147. The third kappa shape index (κ3) is 2.12. The zero-order chi connectivity index (χ0) is 12.3. The molecule has 0 spiro atoms. The molecule has 1 aromatic carbocycles. The van der Waals surface area contributed by atoms with Gasteiger partial charge in [0.05, 0.1) is 18.7 Å². The summed E-state index contributed by atoms with van der Waals surface area (Å²) in [6.45, 7) is 1.68. The van der Waals surface area contributed by atoms with Crippen LogP contribution in [0.3, 0.4) is 0 Å². The van der Waals surface area contributed by atoms with Crippen molar-refractivity contribution < 1.29 is 19.7 Å². The van der Waals surface area contributed by atoms with E-state index in [2.05, 4.69) is 0 Å². The van der Waals surface area contributed by atoms with Crippen LogP contribution in [-0.4, -0.2) is 23.3 Å². The standard InChI is InChI=1S/C11H11NO4/c1-6-3-7(5-12)4-8(10(6)16-2)9(13)11(14)15/h3-4,9,13H,1-2H3,(H,14,15). The number of aliphatic hydroxyl groups excluding tert-OH is 1. The molecule has 0 aliphatic heterocycles. The van der Waals surface area contributed by atoms with Crippen LogP contribution in [0.15, 0.2) is 12.1 Å². The number of aliphatic carboxylic acids is 1. The molecule has 0 radical (unpaired) electrons. The Morgan fingerprint density at radius 1 is 1.56 bits per heavy atom. The predicted octanol–water partition coefficient (Wildman–Crippen LogP) is 0.993. The van der Waals surface area contributed by atoms with E-state index in [4.69, 9.17) is 15.1 Å². The molecule has 1 unspecified atom stereocenters. The summed E-state index contributed by atoms with van der Waals surface area (Å²) in [4.78, 5) is 10.7. The number of methoxy groups -OCH3 is 1. The predicted molar refractivity (Wildman–Crippen MR) is 55.0 cm³/mol. The van der Waals surface area contributed by atoms with Gasteiger partial charge in [0.2, 0.25) is 0 Å². The molecule has 84 valence electrons. The molecule has 2 N–H and O–H groups in total. The quantitative estimate of drug-likeness (QED) is 0.794. The Hall–Kier alpha value is -2.06. The van der Waals surface area contributed by atoms with Gasteiger partial charge in [-0.1, -0.05) is 0 Å². The zero-order valence-corrected chi connectivity index (χ0v) is 8.89. The lowest BCUT2D eigenvalue weighted by Crippen LogP contribution is -2.12. The second kappa shape index (κ2) is 4.64. The summed E-state index contributed by atoms with van der Waals surface area (Å²) in [7, 11) is 1.38. The van der Waals surface area contributed by atoms with Crippen molar-refractivity contribution in [3.05, 3.63) is 28.8 Å². The summed E-state index contributed by atoms with van der Waals surface area (Å²) in [5.41, 5.74) is 0.983. The maximum Gasteiger partial charge on any atom is 0.337 e. The molecule has 16 heavy (non-hydrogen) atoms. The topological polar surface area (TPSA) is 90.5 Å². The number of ether oxygens (including phenoxy) is 1. The third-order valence-electron chi connectivity index (χ3n) is 2.17. The summed E-state index contributed by atoms with van der Waals surface area (Å²) >= 11 is 0. The number of benzene rings is 1. The van der Waals surface area contributed by atoms with Crippen molar-refractivity contribution in [3.63, 3.8) is 0 Å². The molecule has 0 aliphatic carbocycles. The highest BCUT2D eigenvalue weighted by Crippen LogP contribution is 2.30. The van der Waals surface area contributed by atoms with Crippen molar-refractivity contribution in [1.82, 2.24) is 0 Å². The van der Waals surface area contributed by atoms with Gasteiger partial charge in [0.25, 0.3) is 0 Å². The Kier molecular flexibility index (Phi) is 3.48. The largest absolute Gasteiger partial charge is 0.496 e. The van der Waals surface area contributed by atoms with E-state index >= 15 is 0 Å². The highest BCUT2D eigenvalue weighted by Gasteiger charge is 2.22. The van der Waals surface area contributed by atoms with E-state index in [-0.39, 0.29) is 16.9 Å². The van der Waals surface area contributed by atoms with E-state index in [0.29, 0.717) is 5.56 Å². The number of carboxylic acids is 1. The molecule has 0 heterocycles. The van der Waals surface area contributed by atoms with Crippen molar-refractivity contribution in [1.29, 1.82) is 5.26 Å². The number of nitrogens with zero attached hydrogens (tertiary/aromatic N) is 1. The lowest BCUT2D eigenvalue weighted by atomic mass is 10.0. The van der Waals surface area contributed by atoms with E-state index in [9.17, 15) is 9.90 Å². The normalized spacial score (nSPS) is 11.6. The van der Waals surface area contributed by atoms with Gasteiger partial charge in [-0.3, -0.25) is 0 Å². The highest BCUT2D eigenvalue weighted by molar-refractivity contribution is 5.75. The molecule has 0 saturated heterocycles. The van der Waals surface area contributed by atoms with Gasteiger partial charge >= 0.3 is 5.97 Å². The highest BCUT2D eigenvalue weighted by atomic mass is 16.5. The minimum absolute atomic E-state index is 0.0894. The number of carboxylic acid groups (broad SMARTS) is 1. The molecule has 5 heteroatoms. The van der Waals surface area contributed by atoms with Gasteiger partial charge < -0.3 is 14.9 Å². The molecular formula is C11H11NO4. The summed E-state index contributed by atoms with van der Waals surface area (Å²) in [6.07, 6.45) is -1.69. The summed E-state index contributed by atoms with van der Waals surface area (Å²) in [5.74, 6) is -1.10. The van der Waals surface area contributed by atoms with Crippen molar-refractivity contribution in [2.75, 3.05) is 7.11 Å². The van der Waals surface area contributed by atoms with Gasteiger partial charge in [-0.25, -0.2) is 4.79 Å². The number of carbonyl (C=O) groups is 1. The monoisotopic (exact) mass is 221 g/mol. The first kappa shape index (κ1) is 12.0. The van der Waals surface area contributed by atoms with E-state index in [1.165, 1.54) is 13.2 Å². The van der Waals surface area contributed by atoms with Crippen LogP contribution < -0.4 is 4.74 Å². The number of rotatable bonds is 3. The Labute approximate surface area is 92.5 Å². The van der Waals surface area contributed by atoms with Crippen molar-refractivity contribution >= 4 is 5.97 Å². The van der Waals surface area contributed by atoms with Crippen molar-refractivity contribution in [2.24, 2.45) is 0 Å². The summed E-state index contributed by atoms with van der Waals surface area (Å²) in [5, 5.41) is 26.9. The molecular weight excluding hydrogens is 210 g/mol. The van der Waals surface area contributed by atoms with Gasteiger partial charge in [0.1, 0.15) is 5.75 Å². The summed E-state index contributed by atoms with van der Waals surface area (Å²) < 4.78 is 5.01. The van der Waals surface area contributed by atoms with Crippen LogP contribution in [0.4, 0.5) is 0 Å². The number of aryl methyl sites for hydroxylation is 1. The van der Waals surface area contributed by atoms with Gasteiger partial charge in [-0.2, -0.15) is 5.26 Å². The Balaban J connectivity index is 3.40. The molecule has 0 aliphatic rings. The molecule has 0 bridgehead atoms. The first-order valence-corrected chi connectivity index (χ1v) is 4.50. The second-order valence-electron chi connectivity index (χ2n) is 3.27. The number of hydrogen-bond acceptors (Lipinski definition) is 4. The molecule has 0 fully saturated rings. The van der Waals surface area contributed by atoms with Crippen LogP contribution in [0.25, 0.3) is 0 Å². The summed E-state index contributed by atoms with van der Waals surface area (Å²) in [6, 6.07) is 4.77. The first-order valence-electron chi connectivity index (χ1n) is 4.50. The fourth-order valence-corrected chi connectivity index (χ4v) is 1.48. The SMILES string of the molecule is COc1c(C)cc(C#N)cc1C(O)C(=O)O. The van der Waals surface area contributed by atoms with Gasteiger partial charge in [0, 0.05) is 5.56 Å². The van der Waals surface area contributed by atoms with E-state index in [0.717, 1.165) is 0 Å². The smallest absolute Gasteiger partial charge is 0.337 e. The van der Waals surface area contributed by atoms with E-state index in [1.807, 2.05) is 6.07 Å². The fourth-order valence-electron chi connectivity index (χ4n) is 1.48. The maximum absolute atomic E-state index is 10.7. The molecule has 1 atom stereocenters. The average Bonchev–Trinajstić information content (AvgIpc) is 2.26. The molecule has 1 rings (SSSR count). The zero-order valence-electron chi connectivity index (χ0n) is 8.89. The van der Waals surface area contributed by atoms with E-state index < -0.39 is 12.1 Å². The second-order valence-corrected chi connectivity index (χ2v) is 3.27.